The van der Waals surface area contributed by atoms with Gasteiger partial charge in [-0.1, -0.05) is 12.1 Å². The maximum absolute atomic E-state index is 10.0. The molecule has 0 spiro atoms. The molecular weight excluding hydrogens is 220 g/mol. The van der Waals surface area contributed by atoms with Gasteiger partial charge in [0, 0.05) is 10.9 Å². The predicted octanol–water partition coefficient (Wildman–Crippen LogP) is 1.38. The van der Waals surface area contributed by atoms with Crippen LogP contribution in [0.1, 0.15) is 18.1 Å². The number of thioether (sulfide) groups is 1. The minimum atomic E-state index is -0.579. The highest BCUT2D eigenvalue weighted by atomic mass is 32.2. The van der Waals surface area contributed by atoms with Crippen LogP contribution in [-0.4, -0.2) is 31.0 Å². The first-order valence-corrected chi connectivity index (χ1v) is 6.63. The van der Waals surface area contributed by atoms with E-state index in [9.17, 15) is 5.11 Å². The molecule has 0 aliphatic heterocycles. The van der Waals surface area contributed by atoms with Gasteiger partial charge < -0.3 is 16.2 Å². The van der Waals surface area contributed by atoms with Crippen molar-refractivity contribution in [2.45, 2.75) is 23.5 Å². The summed E-state index contributed by atoms with van der Waals surface area (Å²) < 4.78 is 0. The van der Waals surface area contributed by atoms with Crippen LogP contribution in [0.15, 0.2) is 29.2 Å². The van der Waals surface area contributed by atoms with Crippen molar-refractivity contribution < 1.29 is 5.11 Å². The number of nitrogens with two attached hydrogens (primary N) is 1. The number of aliphatic hydroxyl groups excluding tert-OH is 1. The topological polar surface area (TPSA) is 58.3 Å². The number of hydrogen-bond acceptors (Lipinski definition) is 4. The van der Waals surface area contributed by atoms with Gasteiger partial charge in [-0.15, -0.1) is 11.8 Å². The highest BCUT2D eigenvalue weighted by Gasteiger charge is 2.15. The van der Waals surface area contributed by atoms with E-state index in [0.29, 0.717) is 0 Å². The van der Waals surface area contributed by atoms with Crippen LogP contribution in [0.2, 0.25) is 0 Å². The highest BCUT2D eigenvalue weighted by Crippen LogP contribution is 2.21. The van der Waals surface area contributed by atoms with Crippen molar-refractivity contribution in [1.82, 2.24) is 5.32 Å². The molecule has 0 aliphatic carbocycles. The highest BCUT2D eigenvalue weighted by molar-refractivity contribution is 7.98. The second-order valence-electron chi connectivity index (χ2n) is 3.77. The molecule has 0 aromatic heterocycles. The van der Waals surface area contributed by atoms with Crippen molar-refractivity contribution in [2.75, 3.05) is 19.8 Å². The van der Waals surface area contributed by atoms with E-state index in [2.05, 4.69) is 5.32 Å². The fraction of sp³-hybridized carbons (Fsp3) is 0.500. The van der Waals surface area contributed by atoms with Gasteiger partial charge in [0.1, 0.15) is 0 Å². The smallest absolute Gasteiger partial charge is 0.0941 e. The average Bonchev–Trinajstić information content (AvgIpc) is 2.35. The van der Waals surface area contributed by atoms with Gasteiger partial charge in [0.05, 0.1) is 6.10 Å². The van der Waals surface area contributed by atoms with E-state index in [4.69, 9.17) is 5.73 Å². The molecule has 0 saturated carbocycles. The molecule has 0 aliphatic rings. The van der Waals surface area contributed by atoms with Crippen molar-refractivity contribution >= 4 is 11.8 Å². The Morgan fingerprint density at radius 1 is 1.38 bits per heavy atom. The first kappa shape index (κ1) is 13.5. The Balaban J connectivity index is 2.60. The normalized spacial score (nSPS) is 14.8. The van der Waals surface area contributed by atoms with Crippen LogP contribution >= 0.6 is 11.8 Å². The lowest BCUT2D eigenvalue weighted by Crippen LogP contribution is -2.31. The Morgan fingerprint density at radius 2 is 2.00 bits per heavy atom. The summed E-state index contributed by atoms with van der Waals surface area (Å²) in [6.45, 7) is 0.821. The maximum Gasteiger partial charge on any atom is 0.0941 e. The Labute approximate surface area is 101 Å². The summed E-state index contributed by atoms with van der Waals surface area (Å²) in [7, 11) is 1.88. The van der Waals surface area contributed by atoms with Crippen molar-refractivity contribution in [2.24, 2.45) is 5.73 Å². The molecule has 4 heteroatoms. The monoisotopic (exact) mass is 240 g/mol. The Morgan fingerprint density at radius 3 is 2.50 bits per heavy atom. The standard InChI is InChI=1S/C12H20N2OS/c1-14-8-7-11(13)12(15)9-3-5-10(16-2)6-4-9/h3-6,11-12,14-15H,7-8,13H2,1-2H3. The molecule has 1 rings (SSSR count). The molecule has 90 valence electrons. The van der Waals surface area contributed by atoms with Crippen molar-refractivity contribution in [3.63, 3.8) is 0 Å². The summed E-state index contributed by atoms with van der Waals surface area (Å²) in [5, 5.41) is 13.0. The second kappa shape index (κ2) is 6.91. The van der Waals surface area contributed by atoms with E-state index in [0.717, 1.165) is 18.5 Å². The zero-order valence-corrected chi connectivity index (χ0v) is 10.6. The third-order valence-corrected chi connectivity index (χ3v) is 3.33. The van der Waals surface area contributed by atoms with Crippen molar-refractivity contribution in [3.8, 4) is 0 Å². The predicted molar refractivity (Wildman–Crippen MR) is 69.7 cm³/mol. The largest absolute Gasteiger partial charge is 0.387 e. The molecule has 0 saturated heterocycles. The lowest BCUT2D eigenvalue weighted by Gasteiger charge is -2.19. The van der Waals surface area contributed by atoms with Gasteiger partial charge >= 0.3 is 0 Å². The molecule has 1 aromatic rings. The SMILES string of the molecule is CNCCC(N)C(O)c1ccc(SC)cc1. The molecule has 4 N–H and O–H groups in total. The Kier molecular flexibility index (Phi) is 5.84. The van der Waals surface area contributed by atoms with Gasteiger partial charge in [0.15, 0.2) is 0 Å². The molecule has 3 nitrogen and oxygen atoms in total. The summed E-state index contributed by atoms with van der Waals surface area (Å²) in [5.41, 5.74) is 6.80. The third-order valence-electron chi connectivity index (χ3n) is 2.59. The van der Waals surface area contributed by atoms with Crippen LogP contribution in [-0.2, 0) is 0 Å². The Hall–Kier alpha value is -0.550. The zero-order chi connectivity index (χ0) is 12.0. The van der Waals surface area contributed by atoms with E-state index in [1.54, 1.807) is 11.8 Å². The van der Waals surface area contributed by atoms with Crippen LogP contribution in [0.3, 0.4) is 0 Å². The first-order chi connectivity index (χ1) is 7.69. The molecular formula is C12H20N2OS. The van der Waals surface area contributed by atoms with Gasteiger partial charge in [0.2, 0.25) is 0 Å². The number of hydrogen-bond donors (Lipinski definition) is 3. The Bertz CT molecular complexity index is 302. The number of aliphatic hydroxyl groups is 1. The molecule has 1 aromatic carbocycles. The fourth-order valence-electron chi connectivity index (χ4n) is 1.52. The van der Waals surface area contributed by atoms with Gasteiger partial charge in [-0.3, -0.25) is 0 Å². The summed E-state index contributed by atoms with van der Waals surface area (Å²) in [6, 6.07) is 7.68. The minimum absolute atomic E-state index is 0.215. The van der Waals surface area contributed by atoms with E-state index >= 15 is 0 Å². The van der Waals surface area contributed by atoms with Crippen LogP contribution in [0.25, 0.3) is 0 Å². The molecule has 0 bridgehead atoms. The van der Waals surface area contributed by atoms with Gasteiger partial charge in [0.25, 0.3) is 0 Å². The first-order valence-electron chi connectivity index (χ1n) is 5.41. The zero-order valence-electron chi connectivity index (χ0n) is 9.81. The van der Waals surface area contributed by atoms with E-state index in [1.165, 1.54) is 4.90 Å². The summed E-state index contributed by atoms with van der Waals surface area (Å²) >= 11 is 1.69. The summed E-state index contributed by atoms with van der Waals surface area (Å²) in [6.07, 6.45) is 2.22. The number of rotatable bonds is 6. The fourth-order valence-corrected chi connectivity index (χ4v) is 1.93. The summed E-state index contributed by atoms with van der Waals surface area (Å²) in [4.78, 5) is 1.19. The quantitative estimate of drug-likeness (QED) is 0.658. The average molecular weight is 240 g/mol. The van der Waals surface area contributed by atoms with E-state index < -0.39 is 6.10 Å². The molecule has 0 amide bonds. The van der Waals surface area contributed by atoms with Crippen LogP contribution in [0.4, 0.5) is 0 Å². The van der Waals surface area contributed by atoms with Crippen LogP contribution in [0, 0.1) is 0 Å². The van der Waals surface area contributed by atoms with Crippen LogP contribution < -0.4 is 11.1 Å². The second-order valence-corrected chi connectivity index (χ2v) is 4.65. The molecule has 0 heterocycles. The molecule has 0 radical (unpaired) electrons. The number of nitrogens with one attached hydrogen (secondary N) is 1. The van der Waals surface area contributed by atoms with Gasteiger partial charge in [-0.2, -0.15) is 0 Å². The van der Waals surface area contributed by atoms with E-state index in [-0.39, 0.29) is 6.04 Å². The lowest BCUT2D eigenvalue weighted by atomic mass is 10.0. The van der Waals surface area contributed by atoms with E-state index in [1.807, 2.05) is 37.6 Å². The molecule has 0 fully saturated rings. The molecule has 16 heavy (non-hydrogen) atoms. The third kappa shape index (κ3) is 3.79. The van der Waals surface area contributed by atoms with Gasteiger partial charge in [-0.05, 0) is 44.0 Å². The van der Waals surface area contributed by atoms with Gasteiger partial charge in [-0.25, -0.2) is 0 Å². The summed E-state index contributed by atoms with van der Waals surface area (Å²) in [5.74, 6) is 0. The lowest BCUT2D eigenvalue weighted by molar-refractivity contribution is 0.142. The number of benzene rings is 1. The molecule has 2 unspecified atom stereocenters. The minimum Gasteiger partial charge on any atom is -0.387 e. The molecule has 2 atom stereocenters. The maximum atomic E-state index is 10.0. The van der Waals surface area contributed by atoms with Crippen molar-refractivity contribution in [1.29, 1.82) is 0 Å². The van der Waals surface area contributed by atoms with Crippen molar-refractivity contribution in [3.05, 3.63) is 29.8 Å². The van der Waals surface area contributed by atoms with Crippen LogP contribution in [0.5, 0.6) is 0 Å².